The number of nitrogens with one attached hydrogen (secondary N) is 2. The summed E-state index contributed by atoms with van der Waals surface area (Å²) in [7, 11) is 1.64. The van der Waals surface area contributed by atoms with Gasteiger partial charge in [-0.15, -0.1) is 0 Å². The van der Waals surface area contributed by atoms with Crippen LogP contribution in [0.3, 0.4) is 0 Å². The van der Waals surface area contributed by atoms with Crippen molar-refractivity contribution in [2.75, 3.05) is 20.2 Å². The SMILES string of the molecule is COc1ccccc1-c1ccc(C(=O)NCCCNC(=O)OC(C)(C)C)cc1. The van der Waals surface area contributed by atoms with Crippen LogP contribution < -0.4 is 15.4 Å². The first kappa shape index (κ1) is 21.3. The van der Waals surface area contributed by atoms with Crippen molar-refractivity contribution in [1.29, 1.82) is 0 Å². The molecular formula is C22H28N2O4. The summed E-state index contributed by atoms with van der Waals surface area (Å²) in [6.45, 7) is 6.33. The van der Waals surface area contributed by atoms with Gasteiger partial charge in [0.05, 0.1) is 7.11 Å². The first-order chi connectivity index (χ1) is 13.3. The van der Waals surface area contributed by atoms with Crippen LogP contribution in [0.25, 0.3) is 11.1 Å². The number of carbonyl (C=O) groups excluding carboxylic acids is 2. The molecular weight excluding hydrogens is 356 g/mol. The number of alkyl carbamates (subject to hydrolysis) is 1. The highest BCUT2D eigenvalue weighted by atomic mass is 16.6. The Bertz CT molecular complexity index is 795. The fourth-order valence-electron chi connectivity index (χ4n) is 2.58. The van der Waals surface area contributed by atoms with Gasteiger partial charge in [0.15, 0.2) is 0 Å². The van der Waals surface area contributed by atoms with Crippen molar-refractivity contribution >= 4 is 12.0 Å². The number of methoxy groups -OCH3 is 1. The molecule has 0 fully saturated rings. The van der Waals surface area contributed by atoms with Crippen molar-refractivity contribution < 1.29 is 19.1 Å². The van der Waals surface area contributed by atoms with E-state index in [0.717, 1.165) is 16.9 Å². The Balaban J connectivity index is 1.80. The summed E-state index contributed by atoms with van der Waals surface area (Å²) < 4.78 is 10.5. The van der Waals surface area contributed by atoms with Crippen LogP contribution in [0.1, 0.15) is 37.6 Å². The summed E-state index contributed by atoms with van der Waals surface area (Å²) >= 11 is 0. The number of amides is 2. The van der Waals surface area contributed by atoms with E-state index in [1.807, 2.05) is 57.2 Å². The van der Waals surface area contributed by atoms with Gasteiger partial charge >= 0.3 is 6.09 Å². The van der Waals surface area contributed by atoms with Crippen molar-refractivity contribution in [3.05, 3.63) is 54.1 Å². The number of benzene rings is 2. The highest BCUT2D eigenvalue weighted by molar-refractivity contribution is 5.94. The number of carbonyl (C=O) groups is 2. The van der Waals surface area contributed by atoms with Crippen LogP contribution >= 0.6 is 0 Å². The van der Waals surface area contributed by atoms with E-state index in [4.69, 9.17) is 9.47 Å². The van der Waals surface area contributed by atoms with Crippen LogP contribution in [0.5, 0.6) is 5.75 Å². The molecule has 28 heavy (non-hydrogen) atoms. The fourth-order valence-corrected chi connectivity index (χ4v) is 2.58. The van der Waals surface area contributed by atoms with Gasteiger partial charge in [-0.05, 0) is 51.0 Å². The third-order valence-corrected chi connectivity index (χ3v) is 3.87. The number of hydrogen-bond acceptors (Lipinski definition) is 4. The quantitative estimate of drug-likeness (QED) is 0.707. The van der Waals surface area contributed by atoms with E-state index in [9.17, 15) is 9.59 Å². The lowest BCUT2D eigenvalue weighted by Crippen LogP contribution is -2.34. The van der Waals surface area contributed by atoms with Gasteiger partial charge in [0, 0.05) is 24.2 Å². The Hall–Kier alpha value is -3.02. The van der Waals surface area contributed by atoms with Gasteiger partial charge in [-0.2, -0.15) is 0 Å². The minimum Gasteiger partial charge on any atom is -0.496 e. The molecule has 2 N–H and O–H groups in total. The predicted octanol–water partition coefficient (Wildman–Crippen LogP) is 4.01. The van der Waals surface area contributed by atoms with E-state index < -0.39 is 11.7 Å². The molecule has 0 heterocycles. The first-order valence-electron chi connectivity index (χ1n) is 9.28. The molecule has 6 heteroatoms. The molecule has 0 unspecified atom stereocenters. The van der Waals surface area contributed by atoms with Crippen LogP contribution in [-0.4, -0.2) is 37.8 Å². The van der Waals surface area contributed by atoms with E-state index in [2.05, 4.69) is 10.6 Å². The molecule has 2 aromatic rings. The summed E-state index contributed by atoms with van der Waals surface area (Å²) in [6, 6.07) is 15.1. The normalized spacial score (nSPS) is 10.9. The molecule has 0 aliphatic rings. The predicted molar refractivity (Wildman–Crippen MR) is 110 cm³/mol. The molecule has 2 rings (SSSR count). The summed E-state index contributed by atoms with van der Waals surface area (Å²) in [6.07, 6.45) is 0.162. The van der Waals surface area contributed by atoms with E-state index in [1.165, 1.54) is 0 Å². The Morgan fingerprint density at radius 3 is 2.21 bits per heavy atom. The fraction of sp³-hybridized carbons (Fsp3) is 0.364. The maximum Gasteiger partial charge on any atom is 0.407 e. The zero-order valence-electron chi connectivity index (χ0n) is 16.9. The second-order valence-corrected chi connectivity index (χ2v) is 7.32. The lowest BCUT2D eigenvalue weighted by molar-refractivity contribution is 0.0527. The van der Waals surface area contributed by atoms with E-state index in [0.29, 0.717) is 25.1 Å². The third-order valence-electron chi connectivity index (χ3n) is 3.87. The molecule has 0 radical (unpaired) electrons. The van der Waals surface area contributed by atoms with E-state index in [-0.39, 0.29) is 5.91 Å². The third kappa shape index (κ3) is 6.61. The molecule has 2 aromatic carbocycles. The molecule has 0 spiro atoms. The Morgan fingerprint density at radius 1 is 0.929 bits per heavy atom. The van der Waals surface area contributed by atoms with Crippen LogP contribution in [0.2, 0.25) is 0 Å². The smallest absolute Gasteiger partial charge is 0.407 e. The van der Waals surface area contributed by atoms with Gasteiger partial charge in [0.2, 0.25) is 0 Å². The van der Waals surface area contributed by atoms with Crippen LogP contribution in [0.4, 0.5) is 4.79 Å². The number of hydrogen-bond donors (Lipinski definition) is 2. The monoisotopic (exact) mass is 384 g/mol. The molecule has 0 aromatic heterocycles. The second kappa shape index (κ2) is 9.78. The van der Waals surface area contributed by atoms with Crippen molar-refractivity contribution in [1.82, 2.24) is 10.6 Å². The highest BCUT2D eigenvalue weighted by Gasteiger charge is 2.15. The zero-order chi connectivity index (χ0) is 20.6. The first-order valence-corrected chi connectivity index (χ1v) is 9.28. The van der Waals surface area contributed by atoms with Gasteiger partial charge in [-0.1, -0.05) is 30.3 Å². The number of rotatable bonds is 7. The van der Waals surface area contributed by atoms with Crippen molar-refractivity contribution in [3.63, 3.8) is 0 Å². The molecule has 0 aliphatic heterocycles. The lowest BCUT2D eigenvalue weighted by Gasteiger charge is -2.19. The topological polar surface area (TPSA) is 76.7 Å². The largest absolute Gasteiger partial charge is 0.496 e. The van der Waals surface area contributed by atoms with Crippen molar-refractivity contribution in [3.8, 4) is 16.9 Å². The molecule has 6 nitrogen and oxygen atoms in total. The van der Waals surface area contributed by atoms with Crippen molar-refractivity contribution in [2.45, 2.75) is 32.8 Å². The van der Waals surface area contributed by atoms with E-state index in [1.54, 1.807) is 19.2 Å². The summed E-state index contributed by atoms with van der Waals surface area (Å²) in [5.41, 5.74) is 2.02. The molecule has 150 valence electrons. The second-order valence-electron chi connectivity index (χ2n) is 7.32. The number of ether oxygens (including phenoxy) is 2. The molecule has 0 aliphatic carbocycles. The Kier molecular flexibility index (Phi) is 7.44. The molecule has 0 atom stereocenters. The maximum absolute atomic E-state index is 12.3. The number of para-hydroxylation sites is 1. The summed E-state index contributed by atoms with van der Waals surface area (Å²) in [5.74, 6) is 0.640. The van der Waals surface area contributed by atoms with Gasteiger partial charge in [0.25, 0.3) is 5.91 Å². The molecule has 0 saturated carbocycles. The van der Waals surface area contributed by atoms with Crippen LogP contribution in [-0.2, 0) is 4.74 Å². The molecule has 0 bridgehead atoms. The van der Waals surface area contributed by atoms with Crippen LogP contribution in [0.15, 0.2) is 48.5 Å². The maximum atomic E-state index is 12.3. The van der Waals surface area contributed by atoms with Gasteiger partial charge in [-0.25, -0.2) is 4.79 Å². The molecule has 2 amide bonds. The van der Waals surface area contributed by atoms with Gasteiger partial charge < -0.3 is 20.1 Å². The highest BCUT2D eigenvalue weighted by Crippen LogP contribution is 2.29. The lowest BCUT2D eigenvalue weighted by atomic mass is 10.0. The van der Waals surface area contributed by atoms with Gasteiger partial charge in [-0.3, -0.25) is 4.79 Å². The standard InChI is InChI=1S/C22H28N2O4/c1-22(2,3)28-21(26)24-15-7-14-23-20(25)17-12-10-16(11-13-17)18-8-5-6-9-19(18)27-4/h5-6,8-13H,7,14-15H2,1-4H3,(H,23,25)(H,24,26). The van der Waals surface area contributed by atoms with Gasteiger partial charge in [0.1, 0.15) is 11.4 Å². The van der Waals surface area contributed by atoms with Crippen molar-refractivity contribution in [2.24, 2.45) is 0 Å². The summed E-state index contributed by atoms with van der Waals surface area (Å²) in [5, 5.41) is 5.51. The average molecular weight is 384 g/mol. The van der Waals surface area contributed by atoms with E-state index >= 15 is 0 Å². The molecule has 0 saturated heterocycles. The summed E-state index contributed by atoms with van der Waals surface area (Å²) in [4.78, 5) is 23.8. The minimum absolute atomic E-state index is 0.149. The Labute approximate surface area is 166 Å². The minimum atomic E-state index is -0.520. The average Bonchev–Trinajstić information content (AvgIpc) is 2.66. The Morgan fingerprint density at radius 2 is 1.57 bits per heavy atom. The zero-order valence-corrected chi connectivity index (χ0v) is 16.9. The van der Waals surface area contributed by atoms with Crippen LogP contribution in [0, 0.1) is 0 Å².